The third kappa shape index (κ3) is 4.04. The Morgan fingerprint density at radius 3 is 2.87 bits per heavy atom. The van der Waals surface area contributed by atoms with Crippen LogP contribution in [0.1, 0.15) is 6.42 Å². The quantitative estimate of drug-likeness (QED) is 0.634. The van der Waals surface area contributed by atoms with Crippen LogP contribution < -0.4 is 11.1 Å². The monoisotopic (exact) mass is 313 g/mol. The number of nitrogens with one attached hydrogen (secondary N) is 1. The van der Waals surface area contributed by atoms with Gasteiger partial charge < -0.3 is 11.1 Å². The minimum absolute atomic E-state index is 0.205. The Labute approximate surface area is 135 Å². The first-order chi connectivity index (χ1) is 11.2. The molecule has 23 heavy (non-hydrogen) atoms. The van der Waals surface area contributed by atoms with Crippen molar-refractivity contribution in [3.63, 3.8) is 0 Å². The van der Waals surface area contributed by atoms with Crippen molar-refractivity contribution in [1.82, 2.24) is 14.9 Å². The zero-order chi connectivity index (χ0) is 16.1. The molecule has 3 rings (SSSR count). The van der Waals surface area contributed by atoms with Crippen molar-refractivity contribution in [3.8, 4) is 11.1 Å². The van der Waals surface area contributed by atoms with Gasteiger partial charge in [0.2, 0.25) is 5.95 Å². The molecule has 0 bridgehead atoms. The summed E-state index contributed by atoms with van der Waals surface area (Å²) in [6.07, 6.45) is 6.99. The van der Waals surface area contributed by atoms with Crippen molar-refractivity contribution in [2.24, 2.45) is 0 Å². The van der Waals surface area contributed by atoms with Crippen molar-refractivity contribution in [2.45, 2.75) is 6.42 Å². The Morgan fingerprint density at radius 2 is 2.09 bits per heavy atom. The molecule has 1 aliphatic rings. The molecule has 0 spiro atoms. The topological polar surface area (TPSA) is 67.1 Å². The van der Waals surface area contributed by atoms with Gasteiger partial charge in [-0.3, -0.25) is 4.90 Å². The van der Waals surface area contributed by atoms with E-state index < -0.39 is 0 Å². The minimum Gasteiger partial charge on any atom is -0.369 e. The molecule has 0 fully saturated rings. The summed E-state index contributed by atoms with van der Waals surface area (Å²) in [4.78, 5) is 10.6. The van der Waals surface area contributed by atoms with Crippen molar-refractivity contribution >= 4 is 11.8 Å². The number of aromatic nitrogens is 2. The fourth-order valence-electron chi connectivity index (χ4n) is 2.61. The Balaban J connectivity index is 1.66. The fourth-order valence-corrected chi connectivity index (χ4v) is 2.61. The lowest BCUT2D eigenvalue weighted by Crippen LogP contribution is -2.23. The molecule has 0 saturated carbocycles. The van der Waals surface area contributed by atoms with Crippen LogP contribution >= 0.6 is 0 Å². The molecule has 2 heterocycles. The first-order valence-corrected chi connectivity index (χ1v) is 7.72. The molecule has 0 aliphatic carbocycles. The number of nitrogen functional groups attached to an aromatic ring is 1. The van der Waals surface area contributed by atoms with Crippen LogP contribution in [0.2, 0.25) is 0 Å². The first-order valence-electron chi connectivity index (χ1n) is 7.72. The molecule has 3 N–H and O–H groups in total. The second kappa shape index (κ2) is 7.19. The smallest absolute Gasteiger partial charge is 0.221 e. The van der Waals surface area contributed by atoms with Crippen LogP contribution in [-0.2, 0) is 0 Å². The van der Waals surface area contributed by atoms with Crippen molar-refractivity contribution in [3.05, 3.63) is 48.4 Å². The molecule has 6 heteroatoms. The van der Waals surface area contributed by atoms with Crippen molar-refractivity contribution in [2.75, 3.05) is 37.2 Å². The van der Waals surface area contributed by atoms with E-state index in [0.29, 0.717) is 5.82 Å². The number of hydrogen-bond donors (Lipinski definition) is 2. The molecule has 0 saturated heterocycles. The zero-order valence-electron chi connectivity index (χ0n) is 12.9. The highest BCUT2D eigenvalue weighted by atomic mass is 19.1. The Bertz CT molecular complexity index is 693. The van der Waals surface area contributed by atoms with E-state index in [2.05, 4.69) is 32.3 Å². The van der Waals surface area contributed by atoms with E-state index in [1.54, 1.807) is 12.3 Å². The largest absolute Gasteiger partial charge is 0.369 e. The van der Waals surface area contributed by atoms with Crippen molar-refractivity contribution < 1.29 is 4.39 Å². The first kappa shape index (κ1) is 15.4. The van der Waals surface area contributed by atoms with E-state index in [1.807, 2.05) is 6.07 Å². The van der Waals surface area contributed by atoms with Crippen LogP contribution in [0.25, 0.3) is 11.1 Å². The number of rotatable bonds is 6. The molecule has 5 nitrogen and oxygen atoms in total. The number of nitrogens with zero attached hydrogens (tertiary/aromatic N) is 3. The van der Waals surface area contributed by atoms with Crippen LogP contribution in [0, 0.1) is 5.82 Å². The highest BCUT2D eigenvalue weighted by molar-refractivity contribution is 5.75. The fraction of sp³-hybridized carbons (Fsp3) is 0.294. The number of benzene rings is 1. The number of halogens is 1. The van der Waals surface area contributed by atoms with E-state index in [0.717, 1.165) is 43.7 Å². The van der Waals surface area contributed by atoms with E-state index >= 15 is 0 Å². The molecule has 0 atom stereocenters. The zero-order valence-corrected chi connectivity index (χ0v) is 12.9. The maximum absolute atomic E-state index is 13.4. The average Bonchev–Trinajstić information content (AvgIpc) is 3.05. The molecule has 0 amide bonds. The highest BCUT2D eigenvalue weighted by Crippen LogP contribution is 2.26. The molecular weight excluding hydrogens is 293 g/mol. The summed E-state index contributed by atoms with van der Waals surface area (Å²) in [6.45, 7) is 3.84. The van der Waals surface area contributed by atoms with Crippen LogP contribution in [0.4, 0.5) is 16.2 Å². The van der Waals surface area contributed by atoms with Gasteiger partial charge in [0, 0.05) is 37.9 Å². The second-order valence-electron chi connectivity index (χ2n) is 5.51. The third-order valence-electron chi connectivity index (χ3n) is 3.78. The SMILES string of the molecule is Nc1ncc(-c2cccc(F)c2)c(NCCCN2CC=CC2)n1. The predicted molar refractivity (Wildman–Crippen MR) is 90.5 cm³/mol. The summed E-state index contributed by atoms with van der Waals surface area (Å²) < 4.78 is 13.4. The van der Waals surface area contributed by atoms with E-state index in [-0.39, 0.29) is 11.8 Å². The lowest BCUT2D eigenvalue weighted by atomic mass is 10.1. The Kier molecular flexibility index (Phi) is 4.83. The molecule has 1 aromatic carbocycles. The highest BCUT2D eigenvalue weighted by Gasteiger charge is 2.10. The van der Waals surface area contributed by atoms with Gasteiger partial charge in [-0.25, -0.2) is 9.37 Å². The molecule has 1 aromatic heterocycles. The van der Waals surface area contributed by atoms with E-state index in [1.165, 1.54) is 12.1 Å². The van der Waals surface area contributed by atoms with Gasteiger partial charge in [-0.05, 0) is 24.1 Å². The van der Waals surface area contributed by atoms with Crippen LogP contribution in [0.5, 0.6) is 0 Å². The van der Waals surface area contributed by atoms with Gasteiger partial charge in [-0.1, -0.05) is 24.3 Å². The van der Waals surface area contributed by atoms with Gasteiger partial charge in [0.15, 0.2) is 0 Å². The second-order valence-corrected chi connectivity index (χ2v) is 5.51. The number of nitrogens with two attached hydrogens (primary N) is 1. The summed E-state index contributed by atoms with van der Waals surface area (Å²) in [6, 6.07) is 6.39. The molecule has 120 valence electrons. The predicted octanol–water partition coefficient (Wildman–Crippen LogP) is 2.54. The van der Waals surface area contributed by atoms with Gasteiger partial charge in [-0.2, -0.15) is 4.98 Å². The molecule has 0 unspecified atom stereocenters. The average molecular weight is 313 g/mol. The van der Waals surface area contributed by atoms with Gasteiger partial charge >= 0.3 is 0 Å². The lowest BCUT2D eigenvalue weighted by Gasteiger charge is -2.15. The standard InChI is InChI=1S/C17H20FN5/c18-14-6-3-5-13(11-14)15-12-21-17(19)22-16(15)20-7-4-10-23-8-1-2-9-23/h1-3,5-6,11-12H,4,7-10H2,(H3,19,20,21,22). The Hall–Kier alpha value is -2.47. The maximum atomic E-state index is 13.4. The minimum atomic E-state index is -0.285. The normalized spacial score (nSPS) is 14.3. The van der Waals surface area contributed by atoms with Crippen molar-refractivity contribution in [1.29, 1.82) is 0 Å². The lowest BCUT2D eigenvalue weighted by molar-refractivity contribution is 0.351. The Morgan fingerprint density at radius 1 is 1.26 bits per heavy atom. The van der Waals surface area contributed by atoms with Crippen LogP contribution in [0.3, 0.4) is 0 Å². The molecule has 2 aromatic rings. The summed E-state index contributed by atoms with van der Waals surface area (Å²) in [7, 11) is 0. The summed E-state index contributed by atoms with van der Waals surface area (Å²) in [5.41, 5.74) is 7.17. The molecular formula is C17H20FN5. The van der Waals surface area contributed by atoms with Gasteiger partial charge in [0.25, 0.3) is 0 Å². The number of anilines is 2. The summed E-state index contributed by atoms with van der Waals surface area (Å²) in [5, 5.41) is 3.30. The number of hydrogen-bond acceptors (Lipinski definition) is 5. The van der Waals surface area contributed by atoms with Gasteiger partial charge in [-0.15, -0.1) is 0 Å². The third-order valence-corrected chi connectivity index (χ3v) is 3.78. The van der Waals surface area contributed by atoms with E-state index in [9.17, 15) is 4.39 Å². The molecule has 0 radical (unpaired) electrons. The van der Waals surface area contributed by atoms with Crippen LogP contribution in [-0.4, -0.2) is 41.0 Å². The van der Waals surface area contributed by atoms with Gasteiger partial charge in [0.05, 0.1) is 0 Å². The summed E-state index contributed by atoms with van der Waals surface area (Å²) in [5.74, 6) is 0.561. The van der Waals surface area contributed by atoms with E-state index in [4.69, 9.17) is 5.73 Å². The van der Waals surface area contributed by atoms with Crippen LogP contribution in [0.15, 0.2) is 42.6 Å². The van der Waals surface area contributed by atoms with Gasteiger partial charge in [0.1, 0.15) is 11.6 Å². The summed E-state index contributed by atoms with van der Waals surface area (Å²) >= 11 is 0. The molecule has 1 aliphatic heterocycles. The maximum Gasteiger partial charge on any atom is 0.221 e.